The molecule has 1 aliphatic carbocycles. The lowest BCUT2D eigenvalue weighted by Gasteiger charge is -2.16. The van der Waals surface area contributed by atoms with Gasteiger partial charge in [0.05, 0.1) is 24.1 Å². The Balaban J connectivity index is 1.37. The molecule has 2 fully saturated rings. The van der Waals surface area contributed by atoms with Gasteiger partial charge in [0.25, 0.3) is 0 Å². The van der Waals surface area contributed by atoms with Crippen molar-refractivity contribution < 1.29 is 14.3 Å². The van der Waals surface area contributed by atoms with Gasteiger partial charge in [-0.3, -0.25) is 9.69 Å². The van der Waals surface area contributed by atoms with Gasteiger partial charge in [-0.2, -0.15) is 5.10 Å². The highest BCUT2D eigenvalue weighted by Gasteiger charge is 2.30. The molecule has 2 aromatic heterocycles. The summed E-state index contributed by atoms with van der Waals surface area (Å²) in [6.07, 6.45) is 8.31. The van der Waals surface area contributed by atoms with Crippen molar-refractivity contribution in [2.75, 3.05) is 39.5 Å². The van der Waals surface area contributed by atoms with E-state index in [1.54, 1.807) is 30.3 Å². The van der Waals surface area contributed by atoms with Gasteiger partial charge in [-0.1, -0.05) is 18.2 Å². The van der Waals surface area contributed by atoms with Gasteiger partial charge in [-0.05, 0) is 38.4 Å². The van der Waals surface area contributed by atoms with Crippen LogP contribution in [0.5, 0.6) is 0 Å². The van der Waals surface area contributed by atoms with Crippen molar-refractivity contribution in [2.45, 2.75) is 31.3 Å². The van der Waals surface area contributed by atoms with Crippen molar-refractivity contribution in [1.29, 1.82) is 0 Å². The van der Waals surface area contributed by atoms with Crippen LogP contribution < -0.4 is 5.73 Å². The van der Waals surface area contributed by atoms with Crippen LogP contribution in [0.25, 0.3) is 22.3 Å². The van der Waals surface area contributed by atoms with E-state index in [1.807, 2.05) is 15.7 Å². The monoisotopic (exact) mass is 475 g/mol. The summed E-state index contributed by atoms with van der Waals surface area (Å²) >= 11 is 0. The number of anilines is 1. The third kappa shape index (κ3) is 4.61. The van der Waals surface area contributed by atoms with Gasteiger partial charge in [-0.15, -0.1) is 0 Å². The number of nitrogens with two attached hydrogens (primary N) is 1. The third-order valence-electron chi connectivity index (χ3n) is 6.74. The Kier molecular flexibility index (Phi) is 6.21. The van der Waals surface area contributed by atoms with Gasteiger partial charge in [0.2, 0.25) is 5.91 Å². The lowest BCUT2D eigenvalue weighted by molar-refractivity contribution is -0.125. The zero-order valence-electron chi connectivity index (χ0n) is 19.9. The Labute approximate surface area is 203 Å². The first-order valence-corrected chi connectivity index (χ1v) is 11.8. The first-order chi connectivity index (χ1) is 17.0. The first-order valence-electron chi connectivity index (χ1n) is 11.8. The summed E-state index contributed by atoms with van der Waals surface area (Å²) < 4.78 is 6.64. The lowest BCUT2D eigenvalue weighted by atomic mass is 10.1. The fraction of sp³-hybridized carbons (Fsp3) is 0.400. The molecule has 35 heavy (non-hydrogen) atoms. The summed E-state index contributed by atoms with van der Waals surface area (Å²) in [6.45, 7) is 1.98. The van der Waals surface area contributed by atoms with Crippen LogP contribution in [0.2, 0.25) is 0 Å². The van der Waals surface area contributed by atoms with Crippen LogP contribution in [0, 0.1) is 0 Å². The molecule has 10 nitrogen and oxygen atoms in total. The summed E-state index contributed by atoms with van der Waals surface area (Å²) in [5, 5.41) is 5.52. The fourth-order valence-electron chi connectivity index (χ4n) is 4.57. The zero-order valence-corrected chi connectivity index (χ0v) is 19.9. The van der Waals surface area contributed by atoms with Crippen molar-refractivity contribution in [3.05, 3.63) is 48.3 Å². The average Bonchev–Trinajstić information content (AvgIpc) is 3.48. The summed E-state index contributed by atoms with van der Waals surface area (Å²) in [5.41, 5.74) is 8.74. The number of carbonyl (C=O) groups excluding carboxylic acids is 2. The molecule has 1 atom stereocenters. The maximum Gasteiger partial charge on any atom is 0.337 e. The molecule has 1 aromatic carbocycles. The standard InChI is InChI=1S/C25H29N7O3/c1-30(18-9-10-18)12-3-4-20(33)31-13-11-19(14-31)32-24-21(23(26)27-15-28-24)22(29-32)16-5-7-17(8-6-16)25(34)35-2/h3-8,15,18-19H,9-14H2,1-2H3,(H2,26,27,28)/b4-3+/t19-/m1/s1. The predicted octanol–water partition coefficient (Wildman–Crippen LogP) is 2.29. The summed E-state index contributed by atoms with van der Waals surface area (Å²) in [7, 11) is 3.44. The van der Waals surface area contributed by atoms with E-state index in [4.69, 9.17) is 15.6 Å². The summed E-state index contributed by atoms with van der Waals surface area (Å²) in [4.78, 5) is 37.3. The number of hydrogen-bond donors (Lipinski definition) is 1. The number of ether oxygens (including phenoxy) is 1. The van der Waals surface area contributed by atoms with E-state index in [9.17, 15) is 9.59 Å². The fourth-order valence-corrected chi connectivity index (χ4v) is 4.57. The van der Waals surface area contributed by atoms with Crippen LogP contribution >= 0.6 is 0 Å². The van der Waals surface area contributed by atoms with E-state index < -0.39 is 5.97 Å². The van der Waals surface area contributed by atoms with E-state index in [0.29, 0.717) is 47.2 Å². The maximum atomic E-state index is 12.8. The molecule has 2 aliphatic rings. The molecule has 0 radical (unpaired) electrons. The molecule has 0 unspecified atom stereocenters. The second-order valence-electron chi connectivity index (χ2n) is 9.12. The number of rotatable bonds is 7. The minimum Gasteiger partial charge on any atom is -0.465 e. The number of benzene rings is 1. The average molecular weight is 476 g/mol. The Bertz CT molecular complexity index is 1280. The number of likely N-dealkylation sites (tertiary alicyclic amines) is 1. The van der Waals surface area contributed by atoms with Gasteiger partial charge in [-0.25, -0.2) is 19.4 Å². The smallest absolute Gasteiger partial charge is 0.337 e. The molecule has 1 saturated heterocycles. The molecule has 0 bridgehead atoms. The number of likely N-dealkylation sites (N-methyl/N-ethyl adjacent to an activating group) is 1. The van der Waals surface area contributed by atoms with Crippen LogP contribution in [-0.4, -0.2) is 81.3 Å². The molecule has 1 amide bonds. The molecule has 3 heterocycles. The number of fused-ring (bicyclic) bond motifs is 1. The van der Waals surface area contributed by atoms with Crippen LogP contribution in [0.15, 0.2) is 42.7 Å². The molecule has 182 valence electrons. The predicted molar refractivity (Wildman–Crippen MR) is 132 cm³/mol. The van der Waals surface area contributed by atoms with Gasteiger partial charge < -0.3 is 15.4 Å². The summed E-state index contributed by atoms with van der Waals surface area (Å²) in [5.74, 6) is -0.0541. The molecule has 5 rings (SSSR count). The second-order valence-corrected chi connectivity index (χ2v) is 9.12. The van der Waals surface area contributed by atoms with E-state index in [2.05, 4.69) is 21.9 Å². The van der Waals surface area contributed by atoms with E-state index >= 15 is 0 Å². The Hall–Kier alpha value is -3.79. The van der Waals surface area contributed by atoms with E-state index in [-0.39, 0.29) is 11.9 Å². The number of methoxy groups -OCH3 is 1. The molecule has 1 saturated carbocycles. The van der Waals surface area contributed by atoms with Crippen molar-refractivity contribution in [3.63, 3.8) is 0 Å². The molecule has 10 heteroatoms. The number of carbonyl (C=O) groups is 2. The molecule has 1 aliphatic heterocycles. The number of amides is 1. The number of nitrogen functional groups attached to an aromatic ring is 1. The van der Waals surface area contributed by atoms with Crippen LogP contribution in [0.4, 0.5) is 5.82 Å². The van der Waals surface area contributed by atoms with Crippen molar-refractivity contribution in [1.82, 2.24) is 29.5 Å². The Morgan fingerprint density at radius 2 is 1.97 bits per heavy atom. The van der Waals surface area contributed by atoms with E-state index in [1.165, 1.54) is 26.3 Å². The van der Waals surface area contributed by atoms with Crippen molar-refractivity contribution >= 4 is 28.7 Å². The first kappa shape index (κ1) is 23.0. The molecule has 3 aromatic rings. The number of hydrogen-bond acceptors (Lipinski definition) is 8. The largest absolute Gasteiger partial charge is 0.465 e. The van der Waals surface area contributed by atoms with Gasteiger partial charge >= 0.3 is 5.97 Å². The third-order valence-corrected chi connectivity index (χ3v) is 6.74. The Morgan fingerprint density at radius 3 is 2.69 bits per heavy atom. The topological polar surface area (TPSA) is 119 Å². The molecular formula is C25H29N7O3. The number of aromatic nitrogens is 4. The summed E-state index contributed by atoms with van der Waals surface area (Å²) in [6, 6.07) is 7.63. The van der Waals surface area contributed by atoms with Gasteiger partial charge in [0, 0.05) is 37.3 Å². The minimum absolute atomic E-state index is 0.0147. The second kappa shape index (κ2) is 9.46. The molecule has 2 N–H and O–H groups in total. The zero-order chi connectivity index (χ0) is 24.5. The lowest BCUT2D eigenvalue weighted by Crippen LogP contribution is -2.28. The minimum atomic E-state index is -0.404. The van der Waals surface area contributed by atoms with Crippen LogP contribution in [0.1, 0.15) is 35.7 Å². The van der Waals surface area contributed by atoms with Gasteiger partial charge in [0.15, 0.2) is 5.65 Å². The Morgan fingerprint density at radius 1 is 1.20 bits per heavy atom. The van der Waals surface area contributed by atoms with Crippen LogP contribution in [0.3, 0.4) is 0 Å². The molecule has 0 spiro atoms. The van der Waals surface area contributed by atoms with Crippen LogP contribution in [-0.2, 0) is 9.53 Å². The molecular weight excluding hydrogens is 446 g/mol. The van der Waals surface area contributed by atoms with Gasteiger partial charge in [0.1, 0.15) is 17.8 Å². The number of nitrogens with zero attached hydrogens (tertiary/aromatic N) is 6. The van der Waals surface area contributed by atoms with Crippen molar-refractivity contribution in [3.8, 4) is 11.3 Å². The highest BCUT2D eigenvalue weighted by molar-refractivity contribution is 5.99. The number of esters is 1. The highest BCUT2D eigenvalue weighted by Crippen LogP contribution is 2.34. The highest BCUT2D eigenvalue weighted by atomic mass is 16.5. The van der Waals surface area contributed by atoms with E-state index in [0.717, 1.165) is 18.5 Å². The maximum absolute atomic E-state index is 12.8. The SMILES string of the molecule is COC(=O)c1ccc(-c2nn([C@@H]3CCN(C(=O)/C=C/CN(C)C4CC4)C3)c3ncnc(N)c23)cc1. The quantitative estimate of drug-likeness (QED) is 0.408. The van der Waals surface area contributed by atoms with Crippen molar-refractivity contribution in [2.24, 2.45) is 0 Å². The normalized spacial score (nSPS) is 18.1.